The summed E-state index contributed by atoms with van der Waals surface area (Å²) in [7, 11) is 1.55. The number of likely N-dealkylation sites (tertiary alicyclic amines) is 1. The van der Waals surface area contributed by atoms with E-state index in [4.69, 9.17) is 13.9 Å². The molecular formula is C32H44F2N4O5. The normalized spacial score (nSPS) is 23.2. The Morgan fingerprint density at radius 3 is 2.58 bits per heavy atom. The second-order valence-electron chi connectivity index (χ2n) is 11.8. The van der Waals surface area contributed by atoms with Gasteiger partial charge in [-0.15, -0.1) is 0 Å². The molecule has 9 nitrogen and oxygen atoms in total. The standard InChI is InChI=1S/C32H44F2N4O5/c1-5-23-26(38(6-2)21-7-13-42-14-8-21)17-28-24(16-22(43-28)19-37-11-9-32(33,34)10-12-37)29(23)31(40)35-18-25-27(41-4)15-20(3)36-30(25)39/h15-17,21,25,27H,5-14,18-19H2,1-4H3,(H,35,40)(H,36,39). The van der Waals surface area contributed by atoms with E-state index >= 15 is 0 Å². The predicted octanol–water partition coefficient (Wildman–Crippen LogP) is 4.63. The van der Waals surface area contributed by atoms with Gasteiger partial charge in [0, 0.05) is 88.2 Å². The fraction of sp³-hybridized carbons (Fsp3) is 0.625. The molecule has 236 valence electrons. The maximum Gasteiger partial charge on any atom is 0.252 e. The number of nitrogens with zero attached hydrogens (tertiary/aromatic N) is 2. The van der Waals surface area contributed by atoms with Gasteiger partial charge in [-0.05, 0) is 50.8 Å². The van der Waals surface area contributed by atoms with Crippen molar-refractivity contribution in [3.63, 3.8) is 0 Å². The SMILES string of the molecule is CCc1c(N(CC)C2CCOCC2)cc2oc(CN3CCC(F)(F)CC3)cc2c1C(=O)NCC1C(=O)NC(C)=CC1OC. The number of amides is 2. The number of piperidine rings is 1. The maximum atomic E-state index is 14.1. The second kappa shape index (κ2) is 13.3. The number of furan rings is 1. The summed E-state index contributed by atoms with van der Waals surface area (Å²) in [6, 6.07) is 4.17. The summed E-state index contributed by atoms with van der Waals surface area (Å²) < 4.78 is 45.1. The van der Waals surface area contributed by atoms with Gasteiger partial charge in [-0.25, -0.2) is 8.78 Å². The summed E-state index contributed by atoms with van der Waals surface area (Å²) in [5.41, 5.74) is 3.70. The molecule has 11 heteroatoms. The van der Waals surface area contributed by atoms with Gasteiger partial charge in [0.15, 0.2) is 0 Å². The molecule has 0 bridgehead atoms. The van der Waals surface area contributed by atoms with E-state index < -0.39 is 17.9 Å². The van der Waals surface area contributed by atoms with Crippen LogP contribution >= 0.6 is 0 Å². The van der Waals surface area contributed by atoms with Crippen LogP contribution in [0.4, 0.5) is 14.5 Å². The molecular weight excluding hydrogens is 558 g/mol. The molecule has 2 fully saturated rings. The quantitative estimate of drug-likeness (QED) is 0.410. The first-order chi connectivity index (χ1) is 20.6. The van der Waals surface area contributed by atoms with Crippen LogP contribution in [0.5, 0.6) is 0 Å². The Hall–Kier alpha value is -3.02. The average molecular weight is 603 g/mol. The fourth-order valence-electron chi connectivity index (χ4n) is 6.67. The largest absolute Gasteiger partial charge is 0.460 e. The number of nitrogens with one attached hydrogen (secondary N) is 2. The van der Waals surface area contributed by atoms with Crippen molar-refractivity contribution in [1.82, 2.24) is 15.5 Å². The summed E-state index contributed by atoms with van der Waals surface area (Å²) in [5.74, 6) is -3.05. The molecule has 43 heavy (non-hydrogen) atoms. The lowest BCUT2D eigenvalue weighted by atomic mass is 9.94. The molecule has 2 N–H and O–H groups in total. The molecule has 2 saturated heterocycles. The van der Waals surface area contributed by atoms with Crippen LogP contribution in [0.2, 0.25) is 0 Å². The van der Waals surface area contributed by atoms with Crippen LogP contribution in [-0.4, -0.2) is 81.3 Å². The number of methoxy groups -OCH3 is 1. The smallest absolute Gasteiger partial charge is 0.252 e. The summed E-state index contributed by atoms with van der Waals surface area (Å²) in [6.45, 7) is 9.16. The van der Waals surface area contributed by atoms with Crippen LogP contribution in [0.1, 0.15) is 68.1 Å². The molecule has 1 aromatic heterocycles. The summed E-state index contributed by atoms with van der Waals surface area (Å²) >= 11 is 0. The first-order valence-electron chi connectivity index (χ1n) is 15.5. The van der Waals surface area contributed by atoms with E-state index in [9.17, 15) is 18.4 Å². The van der Waals surface area contributed by atoms with E-state index in [0.29, 0.717) is 48.5 Å². The molecule has 0 aliphatic carbocycles. The zero-order valence-corrected chi connectivity index (χ0v) is 25.6. The van der Waals surface area contributed by atoms with Gasteiger partial charge >= 0.3 is 0 Å². The van der Waals surface area contributed by atoms with E-state index in [-0.39, 0.29) is 50.3 Å². The molecule has 1 aromatic carbocycles. The highest BCUT2D eigenvalue weighted by Gasteiger charge is 2.35. The molecule has 3 aliphatic rings. The second-order valence-corrected chi connectivity index (χ2v) is 11.8. The van der Waals surface area contributed by atoms with Crippen LogP contribution in [-0.2, 0) is 27.2 Å². The number of anilines is 1. The number of halogens is 2. The monoisotopic (exact) mass is 602 g/mol. The Morgan fingerprint density at radius 1 is 1.21 bits per heavy atom. The number of ether oxygens (including phenoxy) is 2. The first kappa shape index (κ1) is 31.4. The lowest BCUT2D eigenvalue weighted by Crippen LogP contribution is -2.47. The van der Waals surface area contributed by atoms with Crippen molar-refractivity contribution >= 4 is 28.5 Å². The third kappa shape index (κ3) is 6.89. The van der Waals surface area contributed by atoms with Gasteiger partial charge in [-0.2, -0.15) is 0 Å². The van der Waals surface area contributed by atoms with Crippen molar-refractivity contribution in [3.05, 3.63) is 40.8 Å². The number of carbonyl (C=O) groups excluding carboxylic acids is 2. The Labute approximate surface area is 251 Å². The lowest BCUT2D eigenvalue weighted by Gasteiger charge is -2.37. The van der Waals surface area contributed by atoms with Crippen molar-refractivity contribution in [2.45, 2.75) is 77.5 Å². The Balaban J connectivity index is 1.50. The number of carbonyl (C=O) groups is 2. The first-order valence-corrected chi connectivity index (χ1v) is 15.5. The molecule has 2 unspecified atom stereocenters. The summed E-state index contributed by atoms with van der Waals surface area (Å²) in [4.78, 5) is 31.2. The minimum absolute atomic E-state index is 0.103. The van der Waals surface area contributed by atoms with Crippen molar-refractivity contribution in [1.29, 1.82) is 0 Å². The highest BCUT2D eigenvalue weighted by Crippen LogP contribution is 2.37. The number of benzene rings is 1. The number of hydrogen-bond acceptors (Lipinski definition) is 7. The average Bonchev–Trinajstić information content (AvgIpc) is 3.39. The van der Waals surface area contributed by atoms with Gasteiger partial charge < -0.3 is 29.4 Å². The van der Waals surface area contributed by atoms with Crippen LogP contribution < -0.4 is 15.5 Å². The number of rotatable bonds is 10. The highest BCUT2D eigenvalue weighted by atomic mass is 19.3. The van der Waals surface area contributed by atoms with Gasteiger partial charge in [-0.1, -0.05) is 6.92 Å². The number of fused-ring (bicyclic) bond motifs is 1. The van der Waals surface area contributed by atoms with Gasteiger partial charge in [0.2, 0.25) is 5.91 Å². The van der Waals surface area contributed by atoms with E-state index in [1.165, 1.54) is 0 Å². The molecule has 2 aromatic rings. The molecule has 0 radical (unpaired) electrons. The highest BCUT2D eigenvalue weighted by molar-refractivity contribution is 6.09. The minimum Gasteiger partial charge on any atom is -0.460 e. The van der Waals surface area contributed by atoms with Crippen molar-refractivity contribution in [3.8, 4) is 0 Å². The number of alkyl halides is 2. The zero-order chi connectivity index (χ0) is 30.7. The minimum atomic E-state index is -2.63. The molecule has 2 amide bonds. The Bertz CT molecular complexity index is 1340. The molecule has 2 atom stereocenters. The van der Waals surface area contributed by atoms with E-state index in [0.717, 1.165) is 36.3 Å². The van der Waals surface area contributed by atoms with Gasteiger partial charge in [-0.3, -0.25) is 14.5 Å². The fourth-order valence-corrected chi connectivity index (χ4v) is 6.67. The Morgan fingerprint density at radius 2 is 1.93 bits per heavy atom. The van der Waals surface area contributed by atoms with Gasteiger partial charge in [0.25, 0.3) is 11.8 Å². The van der Waals surface area contributed by atoms with Crippen molar-refractivity contribution in [2.75, 3.05) is 51.4 Å². The topological polar surface area (TPSA) is 96.3 Å². The summed E-state index contributed by atoms with van der Waals surface area (Å²) in [6.07, 6.45) is 3.44. The van der Waals surface area contributed by atoms with Crippen molar-refractivity contribution < 1.29 is 32.3 Å². The van der Waals surface area contributed by atoms with Crippen LogP contribution in [0.15, 0.2) is 28.3 Å². The van der Waals surface area contributed by atoms with E-state index in [2.05, 4.69) is 22.5 Å². The van der Waals surface area contributed by atoms with Crippen LogP contribution in [0, 0.1) is 5.92 Å². The summed E-state index contributed by atoms with van der Waals surface area (Å²) in [5, 5.41) is 6.54. The molecule has 3 aliphatic heterocycles. The molecule has 0 saturated carbocycles. The maximum absolute atomic E-state index is 14.1. The zero-order valence-electron chi connectivity index (χ0n) is 25.6. The third-order valence-corrected chi connectivity index (χ3v) is 9.01. The van der Waals surface area contributed by atoms with Gasteiger partial charge in [0.05, 0.1) is 24.1 Å². The van der Waals surface area contributed by atoms with E-state index in [1.54, 1.807) is 14.0 Å². The third-order valence-electron chi connectivity index (χ3n) is 9.01. The Kier molecular flexibility index (Phi) is 9.73. The lowest BCUT2D eigenvalue weighted by molar-refractivity contribution is -0.128. The molecule has 0 spiro atoms. The number of allylic oxidation sites excluding steroid dienone is 1. The van der Waals surface area contributed by atoms with E-state index in [1.807, 2.05) is 30.0 Å². The molecule has 4 heterocycles. The van der Waals surface area contributed by atoms with Gasteiger partial charge in [0.1, 0.15) is 11.3 Å². The van der Waals surface area contributed by atoms with Crippen molar-refractivity contribution in [2.24, 2.45) is 5.92 Å². The van der Waals surface area contributed by atoms with Crippen LogP contribution in [0.25, 0.3) is 11.0 Å². The number of hydrogen-bond donors (Lipinski definition) is 2. The van der Waals surface area contributed by atoms with Crippen LogP contribution in [0.3, 0.4) is 0 Å². The predicted molar refractivity (Wildman–Crippen MR) is 160 cm³/mol. The molecule has 5 rings (SSSR count).